The molecule has 0 aliphatic carbocycles. The summed E-state index contributed by atoms with van der Waals surface area (Å²) in [6.07, 6.45) is 1.90. The first-order chi connectivity index (χ1) is 23.2. The highest BCUT2D eigenvalue weighted by Gasteiger charge is 2.26. The average Bonchev–Trinajstić information content (AvgIpc) is 3.67. The molecule has 0 fully saturated rings. The van der Waals surface area contributed by atoms with E-state index in [0.29, 0.717) is 22.8 Å². The van der Waals surface area contributed by atoms with Crippen molar-refractivity contribution in [3.8, 4) is 6.01 Å². The van der Waals surface area contributed by atoms with Crippen molar-refractivity contribution < 1.29 is 41.8 Å². The fourth-order valence-electron chi connectivity index (χ4n) is 4.00. The highest BCUT2D eigenvalue weighted by atomic mass is 35.5. The van der Waals surface area contributed by atoms with E-state index in [2.05, 4.69) is 30.0 Å². The standard InChI is InChI=1S/C15H15ClFN3O3S2.C11H11N5O6S2/c1-23-13(21)8-24-12-7-11(10(17)6-9(12)16)18-14-19-4-2-3-5-20(19)15(22)25-14;1-5-12-9(15-11(13-5)22-2)14-10(19)16-24(20,21)6-3-4-23-7(6)8(17)18/h6-7H,2-5,8H2,1H3;3-4H,1-2H3,(H,17,18)(H2,12,13,14,15,16,19). The van der Waals surface area contributed by atoms with Crippen LogP contribution in [0.5, 0.6) is 6.01 Å². The average molecular weight is 777 g/mol. The lowest BCUT2D eigenvalue weighted by atomic mass is 10.3. The summed E-state index contributed by atoms with van der Waals surface area (Å²) in [6, 6.07) is 2.50. The lowest BCUT2D eigenvalue weighted by molar-refractivity contribution is -0.137. The summed E-state index contributed by atoms with van der Waals surface area (Å²) in [5.41, 5.74) is 0.0829. The van der Waals surface area contributed by atoms with Gasteiger partial charge in [-0.05, 0) is 54.7 Å². The molecular weight excluding hydrogens is 751 g/mol. The van der Waals surface area contributed by atoms with Gasteiger partial charge in [-0.3, -0.25) is 19.6 Å². The summed E-state index contributed by atoms with van der Waals surface area (Å²) in [5, 5.41) is 12.5. The van der Waals surface area contributed by atoms with Crippen molar-refractivity contribution in [2.24, 2.45) is 4.99 Å². The van der Waals surface area contributed by atoms with Gasteiger partial charge in [-0.2, -0.15) is 15.0 Å². The van der Waals surface area contributed by atoms with Gasteiger partial charge >= 0.3 is 28.9 Å². The quantitative estimate of drug-likeness (QED) is 0.164. The summed E-state index contributed by atoms with van der Waals surface area (Å²) in [5.74, 6) is -2.32. The molecule has 262 valence electrons. The Labute approximate surface area is 293 Å². The summed E-state index contributed by atoms with van der Waals surface area (Å²) in [4.78, 5) is 61.7. The highest BCUT2D eigenvalue weighted by molar-refractivity contribution is 8.00. The monoisotopic (exact) mass is 776 g/mol. The van der Waals surface area contributed by atoms with Crippen molar-refractivity contribution in [2.45, 2.75) is 42.6 Å². The number of carbonyl (C=O) groups is 3. The third kappa shape index (κ3) is 9.62. The number of halogens is 2. The van der Waals surface area contributed by atoms with E-state index in [1.165, 1.54) is 32.6 Å². The van der Waals surface area contributed by atoms with Crippen LogP contribution in [0.25, 0.3) is 0 Å². The summed E-state index contributed by atoms with van der Waals surface area (Å²) in [7, 11) is -1.76. The van der Waals surface area contributed by atoms with E-state index in [1.807, 2.05) is 0 Å². The predicted octanol–water partition coefficient (Wildman–Crippen LogP) is 3.25. The zero-order chi connectivity index (χ0) is 35.9. The number of ether oxygens (including phenoxy) is 2. The molecular formula is C26H26ClFN8O9S4. The van der Waals surface area contributed by atoms with Gasteiger partial charge in [0.1, 0.15) is 27.1 Å². The van der Waals surface area contributed by atoms with Gasteiger partial charge in [-0.25, -0.2) is 36.8 Å². The van der Waals surface area contributed by atoms with Crippen LogP contribution in [0.3, 0.4) is 0 Å². The largest absolute Gasteiger partial charge is 0.477 e. The second-order valence-corrected chi connectivity index (χ2v) is 14.4. The summed E-state index contributed by atoms with van der Waals surface area (Å²) < 4.78 is 52.9. The number of rotatable bonds is 9. The van der Waals surface area contributed by atoms with Crippen molar-refractivity contribution in [1.29, 1.82) is 0 Å². The van der Waals surface area contributed by atoms with Crippen molar-refractivity contribution >= 4 is 85.7 Å². The van der Waals surface area contributed by atoms with E-state index in [-0.39, 0.29) is 39.1 Å². The molecule has 0 spiro atoms. The molecule has 4 heterocycles. The van der Waals surface area contributed by atoms with Crippen LogP contribution < -0.4 is 24.5 Å². The van der Waals surface area contributed by atoms with E-state index in [1.54, 1.807) is 14.1 Å². The highest BCUT2D eigenvalue weighted by Crippen LogP contribution is 2.33. The molecule has 4 aromatic rings. The molecule has 0 saturated carbocycles. The second kappa shape index (κ2) is 16.3. The molecule has 0 radical (unpaired) electrons. The van der Waals surface area contributed by atoms with Crippen molar-refractivity contribution in [1.82, 2.24) is 29.0 Å². The van der Waals surface area contributed by atoms with E-state index in [0.717, 1.165) is 59.4 Å². The van der Waals surface area contributed by atoms with Gasteiger partial charge in [0.05, 0.1) is 25.0 Å². The van der Waals surface area contributed by atoms with Crippen LogP contribution in [0.4, 0.5) is 20.8 Å². The van der Waals surface area contributed by atoms with Gasteiger partial charge in [0.15, 0.2) is 0 Å². The molecule has 1 aliphatic rings. The predicted molar refractivity (Wildman–Crippen MR) is 177 cm³/mol. The fraction of sp³-hybridized carbons (Fsp3) is 0.308. The number of aromatic carboxylic acids is 1. The maximum absolute atomic E-state index is 14.3. The number of carbonyl (C=O) groups excluding carboxylic acids is 2. The minimum absolute atomic E-state index is 0.0605. The minimum Gasteiger partial charge on any atom is -0.477 e. The maximum Gasteiger partial charge on any atom is 0.347 e. The number of esters is 1. The third-order valence-corrected chi connectivity index (χ3v) is 10.9. The molecule has 3 aromatic heterocycles. The molecule has 2 amide bonds. The molecule has 0 bridgehead atoms. The van der Waals surface area contributed by atoms with Gasteiger partial charge < -0.3 is 14.6 Å². The van der Waals surface area contributed by atoms with Gasteiger partial charge in [0, 0.05) is 18.0 Å². The summed E-state index contributed by atoms with van der Waals surface area (Å²) >= 11 is 8.89. The van der Waals surface area contributed by atoms with Gasteiger partial charge in [0.2, 0.25) is 10.7 Å². The number of nitrogens with one attached hydrogen (secondary N) is 2. The van der Waals surface area contributed by atoms with E-state index < -0.39 is 43.6 Å². The molecule has 3 N–H and O–H groups in total. The van der Waals surface area contributed by atoms with E-state index in [9.17, 15) is 32.0 Å². The van der Waals surface area contributed by atoms with Crippen LogP contribution in [-0.4, -0.2) is 75.8 Å². The van der Waals surface area contributed by atoms with Crippen LogP contribution in [0.15, 0.2) is 43.2 Å². The Bertz CT molecular complexity index is 2130. The van der Waals surface area contributed by atoms with E-state index >= 15 is 0 Å². The topological polar surface area (TPSA) is 226 Å². The molecule has 0 unspecified atom stereocenters. The lowest BCUT2D eigenvalue weighted by Gasteiger charge is -2.15. The van der Waals surface area contributed by atoms with Crippen molar-refractivity contribution in [3.05, 3.63) is 59.6 Å². The third-order valence-electron chi connectivity index (χ3n) is 6.16. The molecule has 1 aliphatic heterocycles. The first kappa shape index (κ1) is 37.4. The normalized spacial score (nSPS) is 12.7. The van der Waals surface area contributed by atoms with Crippen LogP contribution >= 0.6 is 46.0 Å². The Kier molecular flexibility index (Phi) is 12.5. The Balaban J connectivity index is 0.000000221. The number of benzene rings is 1. The number of aromatic nitrogens is 5. The number of thiophene rings is 1. The van der Waals surface area contributed by atoms with Crippen molar-refractivity contribution in [3.63, 3.8) is 0 Å². The van der Waals surface area contributed by atoms with Gasteiger partial charge in [0.25, 0.3) is 10.0 Å². The van der Waals surface area contributed by atoms with Crippen molar-refractivity contribution in [2.75, 3.05) is 25.3 Å². The number of amides is 2. The smallest absolute Gasteiger partial charge is 0.347 e. The van der Waals surface area contributed by atoms with E-state index in [4.69, 9.17) is 21.4 Å². The zero-order valence-corrected chi connectivity index (χ0v) is 29.7. The Hall–Kier alpha value is -4.38. The number of carboxylic acids is 1. The maximum atomic E-state index is 14.3. The number of urea groups is 1. The number of fused-ring (bicyclic) bond motifs is 1. The van der Waals surface area contributed by atoms with Crippen LogP contribution in [0.1, 0.15) is 28.3 Å². The first-order valence-corrected chi connectivity index (χ1v) is 18.2. The van der Waals surface area contributed by atoms with Crippen LogP contribution in [0, 0.1) is 12.7 Å². The number of nitrogens with zero attached hydrogens (tertiary/aromatic N) is 6. The number of sulfonamides is 1. The number of hydrogen-bond acceptors (Lipinski definition) is 15. The van der Waals surface area contributed by atoms with Crippen LogP contribution in [0.2, 0.25) is 5.02 Å². The summed E-state index contributed by atoms with van der Waals surface area (Å²) in [6.45, 7) is 2.85. The fourth-order valence-corrected chi connectivity index (χ4v) is 8.16. The number of methoxy groups -OCH3 is 2. The Morgan fingerprint density at radius 1 is 1.16 bits per heavy atom. The number of aryl methyl sites for hydroxylation is 1. The molecule has 0 saturated heterocycles. The molecule has 49 heavy (non-hydrogen) atoms. The number of anilines is 1. The number of hydrogen-bond donors (Lipinski definition) is 3. The number of carboxylic acid groups (broad SMARTS) is 1. The lowest BCUT2D eigenvalue weighted by Crippen LogP contribution is -2.35. The van der Waals surface area contributed by atoms with Gasteiger partial charge in [-0.15, -0.1) is 23.1 Å². The Morgan fingerprint density at radius 2 is 1.88 bits per heavy atom. The second-order valence-electron chi connectivity index (χ2n) is 9.49. The SMILES string of the molecule is COC(=O)CSc1cc(N=c2sc(=O)n3n2CCCC3)c(F)cc1Cl.COc1nc(C)nc(NC(=O)NS(=O)(=O)c2ccsc2C(=O)O)n1. The molecule has 23 heteroatoms. The molecule has 17 nitrogen and oxygen atoms in total. The van der Waals surface area contributed by atoms with Crippen LogP contribution in [-0.2, 0) is 32.6 Å². The molecule has 0 atom stereocenters. The molecule has 5 rings (SSSR count). The molecule has 1 aromatic carbocycles. The first-order valence-electron chi connectivity index (χ1n) is 13.7. The van der Waals surface area contributed by atoms with Gasteiger partial charge in [-0.1, -0.05) is 11.6 Å². The minimum atomic E-state index is -4.37. The number of thioether (sulfide) groups is 1. The Morgan fingerprint density at radius 3 is 2.55 bits per heavy atom. The zero-order valence-electron chi connectivity index (χ0n) is 25.6.